The maximum absolute atomic E-state index is 10.4. The maximum Gasteiger partial charge on any atom is 0.303 e. The van der Waals surface area contributed by atoms with Gasteiger partial charge in [-0.05, 0) is 25.7 Å². The molecule has 0 aromatic heterocycles. The van der Waals surface area contributed by atoms with Crippen LogP contribution < -0.4 is 0 Å². The van der Waals surface area contributed by atoms with Crippen molar-refractivity contribution in [1.29, 1.82) is 0 Å². The van der Waals surface area contributed by atoms with Gasteiger partial charge in [-0.1, -0.05) is 67.7 Å². The Labute approximate surface area is 150 Å². The molecule has 5 nitrogen and oxygen atoms in total. The summed E-state index contributed by atoms with van der Waals surface area (Å²) in [4.78, 5) is 10.4. The number of aliphatic hydroxyl groups is 3. The van der Waals surface area contributed by atoms with Gasteiger partial charge in [0.2, 0.25) is 0 Å². The van der Waals surface area contributed by atoms with Crippen molar-refractivity contribution in [2.24, 2.45) is 0 Å². The predicted octanol–water partition coefficient (Wildman–Crippen LogP) is 2.91. The average molecular weight is 350 g/mol. The molecule has 4 N–H and O–H groups in total. The first-order valence-corrected chi connectivity index (χ1v) is 8.56. The van der Waals surface area contributed by atoms with Crippen LogP contribution in [-0.2, 0) is 4.79 Å². The van der Waals surface area contributed by atoms with E-state index >= 15 is 0 Å². The number of aliphatic hydroxyl groups excluding tert-OH is 3. The highest BCUT2D eigenvalue weighted by atomic mass is 16.4. The van der Waals surface area contributed by atoms with E-state index in [1.807, 2.05) is 19.1 Å². The standard InChI is InChI=1S/C20H30O5/c1-2-3-8-12-17(21)13-9-6-4-5-7-10-14-18(22)19(23)15-11-16-20(24)25/h3-10,13-14,17-19,21-23H,2,11-12,15-16H2,1H3,(H,24,25)/b6-4+,7-5+,8-3+,13-9+,14-10?/t17-,18+,19-/m0/s1. The molecular formula is C20H30O5. The van der Waals surface area contributed by atoms with Gasteiger partial charge in [-0.2, -0.15) is 0 Å². The van der Waals surface area contributed by atoms with Gasteiger partial charge in [-0.3, -0.25) is 4.79 Å². The van der Waals surface area contributed by atoms with Gasteiger partial charge in [0.15, 0.2) is 0 Å². The molecule has 0 unspecified atom stereocenters. The summed E-state index contributed by atoms with van der Waals surface area (Å²) in [5, 5.41) is 37.5. The van der Waals surface area contributed by atoms with Crippen LogP contribution in [0.15, 0.2) is 60.8 Å². The molecule has 0 amide bonds. The number of carboxylic acid groups (broad SMARTS) is 1. The number of aliphatic carboxylic acids is 1. The van der Waals surface area contributed by atoms with Crippen molar-refractivity contribution in [1.82, 2.24) is 0 Å². The maximum atomic E-state index is 10.4. The lowest BCUT2D eigenvalue weighted by Gasteiger charge is -2.13. The summed E-state index contributed by atoms with van der Waals surface area (Å²) in [6.45, 7) is 2.04. The van der Waals surface area contributed by atoms with Gasteiger partial charge < -0.3 is 20.4 Å². The van der Waals surface area contributed by atoms with Crippen molar-refractivity contribution in [3.05, 3.63) is 60.8 Å². The molecule has 0 radical (unpaired) electrons. The van der Waals surface area contributed by atoms with Crippen LogP contribution in [0.4, 0.5) is 0 Å². The molecule has 0 aromatic rings. The van der Waals surface area contributed by atoms with Gasteiger partial charge in [-0.25, -0.2) is 0 Å². The predicted molar refractivity (Wildman–Crippen MR) is 100 cm³/mol. The number of carbonyl (C=O) groups is 1. The quantitative estimate of drug-likeness (QED) is 0.302. The number of carboxylic acids is 1. The van der Waals surface area contributed by atoms with Crippen LogP contribution >= 0.6 is 0 Å². The first kappa shape index (κ1) is 23.1. The molecule has 0 saturated heterocycles. The van der Waals surface area contributed by atoms with Crippen LogP contribution in [0.1, 0.15) is 39.0 Å². The van der Waals surface area contributed by atoms with E-state index in [4.69, 9.17) is 5.11 Å². The van der Waals surface area contributed by atoms with E-state index in [1.165, 1.54) is 6.08 Å². The molecule has 0 fully saturated rings. The van der Waals surface area contributed by atoms with Crippen LogP contribution in [0.2, 0.25) is 0 Å². The third-order valence-corrected chi connectivity index (χ3v) is 3.26. The molecule has 0 aliphatic heterocycles. The average Bonchev–Trinajstić information content (AvgIpc) is 2.56. The van der Waals surface area contributed by atoms with Crippen molar-refractivity contribution < 1.29 is 25.2 Å². The van der Waals surface area contributed by atoms with E-state index in [0.29, 0.717) is 12.8 Å². The van der Waals surface area contributed by atoms with Crippen LogP contribution in [-0.4, -0.2) is 44.7 Å². The van der Waals surface area contributed by atoms with Gasteiger partial charge in [0, 0.05) is 6.42 Å². The highest BCUT2D eigenvalue weighted by molar-refractivity contribution is 5.66. The number of rotatable bonds is 13. The zero-order valence-electron chi connectivity index (χ0n) is 14.7. The second-order valence-corrected chi connectivity index (χ2v) is 5.57. The van der Waals surface area contributed by atoms with E-state index in [1.54, 1.807) is 42.5 Å². The Morgan fingerprint density at radius 3 is 2.12 bits per heavy atom. The molecule has 25 heavy (non-hydrogen) atoms. The summed E-state index contributed by atoms with van der Waals surface area (Å²) in [6.07, 6.45) is 17.2. The third-order valence-electron chi connectivity index (χ3n) is 3.26. The van der Waals surface area contributed by atoms with Crippen LogP contribution in [0.25, 0.3) is 0 Å². The molecule has 0 aromatic carbocycles. The van der Waals surface area contributed by atoms with E-state index in [-0.39, 0.29) is 12.8 Å². The molecule has 0 bridgehead atoms. The van der Waals surface area contributed by atoms with Gasteiger partial charge in [0.05, 0.1) is 18.3 Å². The number of hydrogen-bond donors (Lipinski definition) is 4. The van der Waals surface area contributed by atoms with Crippen LogP contribution in [0, 0.1) is 0 Å². The first-order valence-electron chi connectivity index (χ1n) is 8.56. The highest BCUT2D eigenvalue weighted by Gasteiger charge is 2.12. The molecule has 140 valence electrons. The van der Waals surface area contributed by atoms with Gasteiger partial charge in [-0.15, -0.1) is 0 Å². The molecule has 0 saturated carbocycles. The summed E-state index contributed by atoms with van der Waals surface area (Å²) in [6, 6.07) is 0. The van der Waals surface area contributed by atoms with Crippen LogP contribution in [0.5, 0.6) is 0 Å². The lowest BCUT2D eigenvalue weighted by atomic mass is 10.1. The zero-order chi connectivity index (χ0) is 18.9. The first-order chi connectivity index (χ1) is 12.0. The summed E-state index contributed by atoms with van der Waals surface area (Å²) in [5.74, 6) is -0.911. The second kappa shape index (κ2) is 15.6. The Morgan fingerprint density at radius 2 is 1.52 bits per heavy atom. The largest absolute Gasteiger partial charge is 0.481 e. The van der Waals surface area contributed by atoms with Crippen molar-refractivity contribution in [3.63, 3.8) is 0 Å². The van der Waals surface area contributed by atoms with Gasteiger partial charge in [0.1, 0.15) is 0 Å². The summed E-state index contributed by atoms with van der Waals surface area (Å²) in [7, 11) is 0. The minimum atomic E-state index is -1.02. The van der Waals surface area contributed by atoms with Crippen molar-refractivity contribution in [2.75, 3.05) is 0 Å². The molecule has 0 aliphatic carbocycles. The Bertz CT molecular complexity index is 488. The molecular weight excluding hydrogens is 320 g/mol. The lowest BCUT2D eigenvalue weighted by molar-refractivity contribution is -0.137. The Balaban J connectivity index is 4.02. The van der Waals surface area contributed by atoms with Crippen molar-refractivity contribution in [2.45, 2.75) is 57.3 Å². The molecule has 0 aliphatic rings. The van der Waals surface area contributed by atoms with Gasteiger partial charge in [0.25, 0.3) is 0 Å². The SMILES string of the molecule is CC/C=C/C[C@H](O)/C=C/C=C/C=C/C=C[C@@H](O)[C@@H](O)CCCC(=O)O. The van der Waals surface area contributed by atoms with E-state index in [9.17, 15) is 20.1 Å². The Kier molecular flexibility index (Phi) is 14.4. The molecule has 0 heterocycles. The summed E-state index contributed by atoms with van der Waals surface area (Å²) >= 11 is 0. The minimum Gasteiger partial charge on any atom is -0.481 e. The normalized spacial score (nSPS) is 16.6. The minimum absolute atomic E-state index is 0.0186. The molecule has 5 heteroatoms. The zero-order valence-corrected chi connectivity index (χ0v) is 14.7. The third kappa shape index (κ3) is 15.3. The van der Waals surface area contributed by atoms with E-state index in [0.717, 1.165) is 6.42 Å². The van der Waals surface area contributed by atoms with Gasteiger partial charge >= 0.3 is 5.97 Å². The fourth-order valence-electron chi connectivity index (χ4n) is 1.87. The summed E-state index contributed by atoms with van der Waals surface area (Å²) < 4.78 is 0. The fraction of sp³-hybridized carbons (Fsp3) is 0.450. The van der Waals surface area contributed by atoms with Crippen molar-refractivity contribution in [3.8, 4) is 0 Å². The fourth-order valence-corrected chi connectivity index (χ4v) is 1.87. The number of allylic oxidation sites excluding steroid dienone is 7. The van der Waals surface area contributed by atoms with Crippen molar-refractivity contribution >= 4 is 5.97 Å². The Morgan fingerprint density at radius 1 is 0.920 bits per heavy atom. The highest BCUT2D eigenvalue weighted by Crippen LogP contribution is 2.06. The summed E-state index contributed by atoms with van der Waals surface area (Å²) in [5.41, 5.74) is 0. The molecule has 0 rings (SSSR count). The smallest absolute Gasteiger partial charge is 0.303 e. The van der Waals surface area contributed by atoms with Crippen LogP contribution in [0.3, 0.4) is 0 Å². The topological polar surface area (TPSA) is 98.0 Å². The Hall–Kier alpha value is -1.95. The van der Waals surface area contributed by atoms with E-state index < -0.39 is 24.3 Å². The number of hydrogen-bond acceptors (Lipinski definition) is 4. The lowest BCUT2D eigenvalue weighted by Crippen LogP contribution is -2.23. The molecule has 3 atom stereocenters. The molecule has 0 spiro atoms. The monoisotopic (exact) mass is 350 g/mol. The second-order valence-electron chi connectivity index (χ2n) is 5.57. The van der Waals surface area contributed by atoms with E-state index in [2.05, 4.69) is 0 Å².